The molecular formula is C10H10BrIN2O2S. The van der Waals surface area contributed by atoms with Crippen LogP contribution in [-0.4, -0.2) is 13.7 Å². The van der Waals surface area contributed by atoms with E-state index in [1.165, 1.54) is 0 Å². The third kappa shape index (κ3) is 3.82. The van der Waals surface area contributed by atoms with Gasteiger partial charge in [0.1, 0.15) is 0 Å². The number of nitriles is 1. The van der Waals surface area contributed by atoms with Gasteiger partial charge >= 0.3 is 0 Å². The Morgan fingerprint density at radius 1 is 1.59 bits per heavy atom. The van der Waals surface area contributed by atoms with Crippen LogP contribution in [0.25, 0.3) is 0 Å². The summed E-state index contributed by atoms with van der Waals surface area (Å²) in [5, 5.41) is 7.73. The lowest BCUT2D eigenvalue weighted by atomic mass is 10.3. The van der Waals surface area contributed by atoms with Gasteiger partial charge in [-0.25, -0.2) is 8.42 Å². The van der Waals surface area contributed by atoms with Crippen molar-refractivity contribution in [2.24, 2.45) is 0 Å². The van der Waals surface area contributed by atoms with Gasteiger partial charge in [0.05, 0.1) is 6.07 Å². The van der Waals surface area contributed by atoms with Crippen molar-refractivity contribution in [1.82, 2.24) is 0 Å². The van der Waals surface area contributed by atoms with Crippen LogP contribution in [0.2, 0.25) is 0 Å². The zero-order chi connectivity index (χ0) is 13.1. The van der Waals surface area contributed by atoms with Crippen LogP contribution in [0.3, 0.4) is 0 Å². The molecule has 0 bridgehead atoms. The molecule has 0 aliphatic rings. The second kappa shape index (κ2) is 6.02. The Labute approximate surface area is 123 Å². The molecule has 0 heterocycles. The van der Waals surface area contributed by atoms with E-state index >= 15 is 0 Å². The van der Waals surface area contributed by atoms with Crippen LogP contribution in [-0.2, 0) is 10.0 Å². The van der Waals surface area contributed by atoms with Gasteiger partial charge in [-0.15, -0.1) is 0 Å². The van der Waals surface area contributed by atoms with E-state index in [0.29, 0.717) is 5.69 Å². The Morgan fingerprint density at radius 3 is 2.71 bits per heavy atom. The number of hydrogen-bond donors (Lipinski definition) is 1. The average Bonchev–Trinajstić information content (AvgIpc) is 2.24. The number of nitrogens with one attached hydrogen (secondary N) is 1. The van der Waals surface area contributed by atoms with Crippen LogP contribution in [0.4, 0.5) is 5.69 Å². The Morgan fingerprint density at radius 2 is 2.24 bits per heavy atom. The van der Waals surface area contributed by atoms with Crippen LogP contribution < -0.4 is 4.72 Å². The lowest BCUT2D eigenvalue weighted by Gasteiger charge is -2.11. The maximum Gasteiger partial charge on any atom is 0.249 e. The third-order valence-corrected chi connectivity index (χ3v) is 6.12. The summed E-state index contributed by atoms with van der Waals surface area (Å²) in [5.74, 6) is 0. The molecule has 1 rings (SSSR count). The smallest absolute Gasteiger partial charge is 0.249 e. The minimum atomic E-state index is -3.64. The van der Waals surface area contributed by atoms with E-state index in [1.54, 1.807) is 31.2 Å². The highest BCUT2D eigenvalue weighted by atomic mass is 127. The van der Waals surface area contributed by atoms with Gasteiger partial charge in [0.2, 0.25) is 10.0 Å². The van der Waals surface area contributed by atoms with Gasteiger partial charge in [0, 0.05) is 13.7 Å². The van der Waals surface area contributed by atoms with Crippen LogP contribution in [0, 0.1) is 14.9 Å². The first-order valence-electron chi connectivity index (χ1n) is 4.77. The molecule has 7 heteroatoms. The first-order chi connectivity index (χ1) is 7.90. The molecule has 1 N–H and O–H groups in total. The number of rotatable bonds is 4. The van der Waals surface area contributed by atoms with E-state index < -0.39 is 15.3 Å². The Kier molecular flexibility index (Phi) is 5.22. The predicted molar refractivity (Wildman–Crippen MR) is 79.1 cm³/mol. The standard InChI is InChI=1S/C10H10BrIN2O2S/c1-2-8(6-13)17(15,16)14-7-3-4-10(12)9(11)5-7/h3-5,8,14H,2H2,1H3. The second-order valence-electron chi connectivity index (χ2n) is 3.30. The summed E-state index contributed by atoms with van der Waals surface area (Å²) in [6.07, 6.45) is 0.261. The van der Waals surface area contributed by atoms with Gasteiger partial charge in [-0.3, -0.25) is 4.72 Å². The van der Waals surface area contributed by atoms with E-state index in [4.69, 9.17) is 5.26 Å². The van der Waals surface area contributed by atoms with Crippen molar-refractivity contribution in [1.29, 1.82) is 5.26 Å². The van der Waals surface area contributed by atoms with E-state index in [-0.39, 0.29) is 6.42 Å². The van der Waals surface area contributed by atoms with Gasteiger partial charge in [0.25, 0.3) is 0 Å². The molecule has 1 atom stereocenters. The second-order valence-corrected chi connectivity index (χ2v) is 7.18. The van der Waals surface area contributed by atoms with E-state index in [9.17, 15) is 8.42 Å². The molecule has 4 nitrogen and oxygen atoms in total. The lowest BCUT2D eigenvalue weighted by Crippen LogP contribution is -2.25. The van der Waals surface area contributed by atoms with Crippen molar-refractivity contribution in [3.05, 3.63) is 26.2 Å². The summed E-state index contributed by atoms with van der Waals surface area (Å²) in [5.41, 5.74) is 0.450. The largest absolute Gasteiger partial charge is 0.282 e. The van der Waals surface area contributed by atoms with Crippen molar-refractivity contribution in [2.45, 2.75) is 18.6 Å². The lowest BCUT2D eigenvalue weighted by molar-refractivity contribution is 0.593. The van der Waals surface area contributed by atoms with Crippen molar-refractivity contribution < 1.29 is 8.42 Å². The molecular weight excluding hydrogens is 419 g/mol. The zero-order valence-electron chi connectivity index (χ0n) is 8.94. The monoisotopic (exact) mass is 428 g/mol. The number of anilines is 1. The van der Waals surface area contributed by atoms with Crippen molar-refractivity contribution in [3.8, 4) is 6.07 Å². The summed E-state index contributed by atoms with van der Waals surface area (Å²) >= 11 is 5.45. The molecule has 17 heavy (non-hydrogen) atoms. The van der Waals surface area contributed by atoms with Crippen molar-refractivity contribution in [3.63, 3.8) is 0 Å². The topological polar surface area (TPSA) is 70.0 Å². The highest BCUT2D eigenvalue weighted by Gasteiger charge is 2.23. The maximum atomic E-state index is 11.8. The Bertz CT molecular complexity index is 554. The predicted octanol–water partition coefficient (Wildman–Crippen LogP) is 3.10. The molecule has 1 unspecified atom stereocenters. The fourth-order valence-electron chi connectivity index (χ4n) is 1.18. The number of hydrogen-bond acceptors (Lipinski definition) is 3. The molecule has 1 aromatic rings. The van der Waals surface area contributed by atoms with Crippen LogP contribution >= 0.6 is 38.5 Å². The SMILES string of the molecule is CCC(C#N)S(=O)(=O)Nc1ccc(I)c(Br)c1. The van der Waals surface area contributed by atoms with Crippen molar-refractivity contribution >= 4 is 54.2 Å². The van der Waals surface area contributed by atoms with Gasteiger partial charge in [-0.1, -0.05) is 6.92 Å². The van der Waals surface area contributed by atoms with E-state index in [0.717, 1.165) is 8.04 Å². The zero-order valence-corrected chi connectivity index (χ0v) is 13.5. The van der Waals surface area contributed by atoms with Gasteiger partial charge in [-0.05, 0) is 63.1 Å². The molecule has 0 spiro atoms. The highest BCUT2D eigenvalue weighted by molar-refractivity contribution is 14.1. The minimum Gasteiger partial charge on any atom is -0.282 e. The molecule has 0 aromatic heterocycles. The van der Waals surface area contributed by atoms with Gasteiger partial charge < -0.3 is 0 Å². The number of sulfonamides is 1. The average molecular weight is 429 g/mol. The molecule has 1 aromatic carbocycles. The van der Waals surface area contributed by atoms with Gasteiger partial charge in [-0.2, -0.15) is 5.26 Å². The first-order valence-corrected chi connectivity index (χ1v) is 8.18. The number of halogens is 2. The molecule has 0 radical (unpaired) electrons. The molecule has 0 saturated carbocycles. The quantitative estimate of drug-likeness (QED) is 0.749. The van der Waals surface area contributed by atoms with Gasteiger partial charge in [0.15, 0.2) is 5.25 Å². The summed E-state index contributed by atoms with van der Waals surface area (Å²) in [7, 11) is -3.64. The fourth-order valence-corrected chi connectivity index (χ4v) is 3.06. The molecule has 92 valence electrons. The minimum absolute atomic E-state index is 0.261. The normalized spacial score (nSPS) is 12.8. The molecule has 0 saturated heterocycles. The summed E-state index contributed by atoms with van der Waals surface area (Å²) in [4.78, 5) is 0. The summed E-state index contributed by atoms with van der Waals surface area (Å²) < 4.78 is 27.8. The summed E-state index contributed by atoms with van der Waals surface area (Å²) in [6.45, 7) is 1.66. The maximum absolute atomic E-state index is 11.8. The van der Waals surface area contributed by atoms with Crippen LogP contribution in [0.5, 0.6) is 0 Å². The molecule has 0 aliphatic heterocycles. The highest BCUT2D eigenvalue weighted by Crippen LogP contribution is 2.24. The molecule has 0 amide bonds. The van der Waals surface area contributed by atoms with Crippen molar-refractivity contribution in [2.75, 3.05) is 4.72 Å². The Hall–Kier alpha value is -0.330. The van der Waals surface area contributed by atoms with E-state index in [1.807, 2.05) is 0 Å². The van der Waals surface area contributed by atoms with Crippen LogP contribution in [0.1, 0.15) is 13.3 Å². The number of nitrogens with zero attached hydrogens (tertiary/aromatic N) is 1. The molecule has 0 fully saturated rings. The van der Waals surface area contributed by atoms with Crippen LogP contribution in [0.15, 0.2) is 22.7 Å². The summed E-state index contributed by atoms with van der Waals surface area (Å²) in [6, 6.07) is 6.89. The number of benzene rings is 1. The first kappa shape index (κ1) is 14.7. The Balaban J connectivity index is 2.99. The fraction of sp³-hybridized carbons (Fsp3) is 0.300. The van der Waals surface area contributed by atoms with E-state index in [2.05, 4.69) is 43.2 Å². The molecule has 0 aliphatic carbocycles. The third-order valence-electron chi connectivity index (χ3n) is 2.07.